The summed E-state index contributed by atoms with van der Waals surface area (Å²) >= 11 is 3.34. The summed E-state index contributed by atoms with van der Waals surface area (Å²) in [6.45, 7) is 4.06. The quantitative estimate of drug-likeness (QED) is 0.658. The van der Waals surface area contributed by atoms with Gasteiger partial charge in [0.1, 0.15) is 0 Å². The molecule has 0 spiro atoms. The summed E-state index contributed by atoms with van der Waals surface area (Å²) in [4.78, 5) is 25.7. The summed E-state index contributed by atoms with van der Waals surface area (Å²) in [5.41, 5.74) is 3.24. The summed E-state index contributed by atoms with van der Waals surface area (Å²) < 4.78 is 11.1. The third kappa shape index (κ3) is 3.68. The molecule has 1 aromatic carbocycles. The van der Waals surface area contributed by atoms with Gasteiger partial charge < -0.3 is 19.9 Å². The number of rotatable bonds is 5. The number of ketones is 1. The number of benzene rings is 1. The number of carbonyl (C=O) groups excluding carboxylic acids is 2. The van der Waals surface area contributed by atoms with E-state index in [2.05, 4.69) is 21.2 Å². The zero-order valence-electron chi connectivity index (χ0n) is 16.2. The number of hydrogen-bond acceptors (Lipinski definition) is 6. The van der Waals surface area contributed by atoms with Gasteiger partial charge in [-0.1, -0.05) is 6.92 Å². The number of esters is 1. The highest BCUT2D eigenvalue weighted by molar-refractivity contribution is 9.10. The first-order valence-electron chi connectivity index (χ1n) is 9.36. The first-order valence-corrected chi connectivity index (χ1v) is 10.2. The number of aromatic hydroxyl groups is 1. The Bertz CT molecular complexity index is 887. The molecule has 1 heterocycles. The van der Waals surface area contributed by atoms with E-state index in [0.717, 1.165) is 18.5 Å². The third-order valence-corrected chi connectivity index (χ3v) is 5.64. The van der Waals surface area contributed by atoms with Gasteiger partial charge >= 0.3 is 5.97 Å². The maximum atomic E-state index is 12.9. The van der Waals surface area contributed by atoms with Crippen molar-refractivity contribution in [1.82, 2.24) is 5.32 Å². The molecule has 7 heteroatoms. The van der Waals surface area contributed by atoms with Crippen LogP contribution < -0.4 is 10.1 Å². The van der Waals surface area contributed by atoms with Gasteiger partial charge in [0, 0.05) is 29.3 Å². The van der Waals surface area contributed by atoms with Crippen LogP contribution in [0.4, 0.5) is 0 Å². The second kappa shape index (κ2) is 8.39. The minimum atomic E-state index is -0.570. The Hall–Kier alpha value is -2.28. The van der Waals surface area contributed by atoms with Crippen LogP contribution in [0, 0.1) is 0 Å². The predicted octanol–water partition coefficient (Wildman–Crippen LogP) is 4.08. The first kappa shape index (κ1) is 20.5. The number of carbonyl (C=O) groups is 2. The molecule has 0 radical (unpaired) electrons. The Morgan fingerprint density at radius 1 is 1.36 bits per heavy atom. The molecule has 150 valence electrons. The van der Waals surface area contributed by atoms with Gasteiger partial charge in [-0.15, -0.1) is 0 Å². The fourth-order valence-corrected chi connectivity index (χ4v) is 4.24. The lowest BCUT2D eigenvalue weighted by Gasteiger charge is -2.34. The van der Waals surface area contributed by atoms with Gasteiger partial charge in [0.15, 0.2) is 17.3 Å². The topological polar surface area (TPSA) is 84.9 Å². The number of allylic oxidation sites excluding steroid dienone is 3. The highest BCUT2D eigenvalue weighted by atomic mass is 79.9. The van der Waals surface area contributed by atoms with Crippen molar-refractivity contribution in [3.8, 4) is 11.5 Å². The number of hydrogen-bond donors (Lipinski definition) is 2. The second-order valence-corrected chi connectivity index (χ2v) is 7.81. The van der Waals surface area contributed by atoms with Gasteiger partial charge in [-0.2, -0.15) is 0 Å². The molecular formula is C21H24BrNO5. The van der Waals surface area contributed by atoms with E-state index in [1.54, 1.807) is 12.1 Å². The first-order chi connectivity index (χ1) is 13.4. The van der Waals surface area contributed by atoms with Crippen molar-refractivity contribution in [2.45, 2.75) is 45.4 Å². The van der Waals surface area contributed by atoms with Crippen LogP contribution in [0.1, 0.15) is 51.0 Å². The molecule has 1 atom stereocenters. The largest absolute Gasteiger partial charge is 0.503 e. The molecule has 0 amide bonds. The molecule has 6 nitrogen and oxygen atoms in total. The van der Waals surface area contributed by atoms with Gasteiger partial charge in [0.25, 0.3) is 0 Å². The average molecular weight is 450 g/mol. The van der Waals surface area contributed by atoms with Crippen molar-refractivity contribution in [1.29, 1.82) is 0 Å². The monoisotopic (exact) mass is 449 g/mol. The van der Waals surface area contributed by atoms with E-state index in [4.69, 9.17) is 9.47 Å². The molecule has 3 rings (SSSR count). The molecule has 0 unspecified atom stereocenters. The fraction of sp³-hybridized carbons (Fsp3) is 0.429. The summed E-state index contributed by atoms with van der Waals surface area (Å²) in [5, 5.41) is 13.4. The highest BCUT2D eigenvalue weighted by Crippen LogP contribution is 2.46. The minimum absolute atomic E-state index is 0.0233. The lowest BCUT2D eigenvalue weighted by molar-refractivity contribution is -0.139. The van der Waals surface area contributed by atoms with Crippen LogP contribution in [-0.2, 0) is 14.3 Å². The molecular weight excluding hydrogens is 426 g/mol. The van der Waals surface area contributed by atoms with E-state index in [-0.39, 0.29) is 17.3 Å². The van der Waals surface area contributed by atoms with Gasteiger partial charge in [0.05, 0.1) is 23.8 Å². The molecule has 2 aliphatic rings. The Morgan fingerprint density at radius 3 is 2.79 bits per heavy atom. The standard InChI is InChI=1S/C21H24BrNO5/c1-4-8-28-21(26)17-11(2)23-14-6-5-7-15(24)19(14)18(17)12-9-13(22)20(25)16(10-12)27-3/h9-10,18,23,25H,4-8H2,1-3H3/t18-/m1/s1. The van der Waals surface area contributed by atoms with E-state index in [1.165, 1.54) is 7.11 Å². The lowest BCUT2D eigenvalue weighted by Crippen LogP contribution is -2.34. The zero-order valence-corrected chi connectivity index (χ0v) is 17.8. The van der Waals surface area contributed by atoms with Gasteiger partial charge in [-0.05, 0) is 59.8 Å². The molecule has 1 aliphatic heterocycles. The summed E-state index contributed by atoms with van der Waals surface area (Å²) in [6.07, 6.45) is 2.69. The number of phenolic OH excluding ortho intramolecular Hbond substituents is 1. The number of Topliss-reactive ketones (excluding diaryl/α,β-unsaturated/α-hetero) is 1. The van der Waals surface area contributed by atoms with E-state index in [0.29, 0.717) is 46.3 Å². The summed E-state index contributed by atoms with van der Waals surface area (Å²) in [5.74, 6) is -0.744. The van der Waals surface area contributed by atoms with Crippen molar-refractivity contribution in [3.05, 3.63) is 44.7 Å². The molecule has 1 aliphatic carbocycles. The van der Waals surface area contributed by atoms with Gasteiger partial charge in [-0.3, -0.25) is 4.79 Å². The Labute approximate surface area is 172 Å². The number of nitrogens with one attached hydrogen (secondary N) is 1. The highest BCUT2D eigenvalue weighted by Gasteiger charge is 2.39. The Morgan fingerprint density at radius 2 is 2.11 bits per heavy atom. The Balaban J connectivity index is 2.19. The van der Waals surface area contributed by atoms with Crippen molar-refractivity contribution in [3.63, 3.8) is 0 Å². The maximum absolute atomic E-state index is 12.9. The van der Waals surface area contributed by atoms with Crippen LogP contribution in [0.15, 0.2) is 39.1 Å². The van der Waals surface area contributed by atoms with Crippen LogP contribution >= 0.6 is 15.9 Å². The van der Waals surface area contributed by atoms with Crippen molar-refractivity contribution >= 4 is 27.7 Å². The van der Waals surface area contributed by atoms with Crippen molar-refractivity contribution in [2.75, 3.05) is 13.7 Å². The number of dihydropyridines is 1. The van der Waals surface area contributed by atoms with E-state index in [9.17, 15) is 14.7 Å². The van der Waals surface area contributed by atoms with E-state index < -0.39 is 11.9 Å². The summed E-state index contributed by atoms with van der Waals surface area (Å²) in [7, 11) is 1.46. The maximum Gasteiger partial charge on any atom is 0.336 e. The molecule has 1 aromatic rings. The molecule has 0 saturated heterocycles. The second-order valence-electron chi connectivity index (χ2n) is 6.96. The number of methoxy groups -OCH3 is 1. The smallest absolute Gasteiger partial charge is 0.336 e. The van der Waals surface area contributed by atoms with Gasteiger partial charge in [-0.25, -0.2) is 4.79 Å². The zero-order chi connectivity index (χ0) is 20.4. The van der Waals surface area contributed by atoms with E-state index >= 15 is 0 Å². The van der Waals surface area contributed by atoms with Crippen molar-refractivity contribution < 1.29 is 24.2 Å². The summed E-state index contributed by atoms with van der Waals surface area (Å²) in [6, 6.07) is 3.39. The fourth-order valence-electron chi connectivity index (χ4n) is 3.78. The third-order valence-electron chi connectivity index (χ3n) is 5.04. The molecule has 28 heavy (non-hydrogen) atoms. The predicted molar refractivity (Wildman–Crippen MR) is 108 cm³/mol. The van der Waals surface area contributed by atoms with Crippen LogP contribution in [-0.4, -0.2) is 30.6 Å². The number of ether oxygens (including phenoxy) is 2. The van der Waals surface area contributed by atoms with Crippen LogP contribution in [0.5, 0.6) is 11.5 Å². The molecule has 0 aromatic heterocycles. The average Bonchev–Trinajstić information content (AvgIpc) is 2.67. The molecule has 0 bridgehead atoms. The number of halogens is 1. The SMILES string of the molecule is CCCOC(=O)C1=C(C)NC2=C(C(=O)CCC2)[C@@H]1c1cc(Br)c(O)c(OC)c1. The lowest BCUT2D eigenvalue weighted by atomic mass is 9.75. The van der Waals surface area contributed by atoms with Crippen LogP contribution in [0.3, 0.4) is 0 Å². The normalized spacial score (nSPS) is 19.3. The molecule has 0 saturated carbocycles. The Kier molecular flexibility index (Phi) is 6.13. The van der Waals surface area contributed by atoms with Crippen LogP contribution in [0.2, 0.25) is 0 Å². The van der Waals surface area contributed by atoms with Crippen molar-refractivity contribution in [2.24, 2.45) is 0 Å². The van der Waals surface area contributed by atoms with Crippen LogP contribution in [0.25, 0.3) is 0 Å². The minimum Gasteiger partial charge on any atom is -0.503 e. The molecule has 2 N–H and O–H groups in total. The van der Waals surface area contributed by atoms with E-state index in [1.807, 2.05) is 13.8 Å². The van der Waals surface area contributed by atoms with Gasteiger partial charge in [0.2, 0.25) is 0 Å². The molecule has 0 fully saturated rings. The number of phenols is 1.